The molecule has 1 fully saturated rings. The maximum atomic E-state index is 12.5. The van der Waals surface area contributed by atoms with Gasteiger partial charge in [-0.15, -0.1) is 0 Å². The van der Waals surface area contributed by atoms with E-state index in [2.05, 4.69) is 0 Å². The number of nitrogens with zero attached hydrogens (tertiary/aromatic N) is 1. The quantitative estimate of drug-likeness (QED) is 0.705. The number of carbonyl (C=O) groups excluding carboxylic acids is 2. The monoisotopic (exact) mass is 270 g/mol. The molecule has 0 aromatic carbocycles. The summed E-state index contributed by atoms with van der Waals surface area (Å²) in [5.41, 5.74) is 5.29. The van der Waals surface area contributed by atoms with Crippen molar-refractivity contribution in [2.24, 2.45) is 17.6 Å². The molecule has 0 radical (unpaired) electrons. The normalized spacial score (nSPS) is 18.0. The highest BCUT2D eigenvalue weighted by atomic mass is 16.5. The molecule has 19 heavy (non-hydrogen) atoms. The topological polar surface area (TPSA) is 72.6 Å². The van der Waals surface area contributed by atoms with E-state index in [9.17, 15) is 9.59 Å². The molecule has 0 aliphatic heterocycles. The third-order valence-electron chi connectivity index (χ3n) is 3.38. The van der Waals surface area contributed by atoms with E-state index in [1.165, 1.54) is 0 Å². The second-order valence-electron chi connectivity index (χ2n) is 5.94. The van der Waals surface area contributed by atoms with Crippen molar-refractivity contribution in [1.29, 1.82) is 0 Å². The lowest BCUT2D eigenvalue weighted by Gasteiger charge is -2.32. The second-order valence-corrected chi connectivity index (χ2v) is 5.94. The summed E-state index contributed by atoms with van der Waals surface area (Å²) >= 11 is 0. The number of carbonyl (C=O) groups is 2. The van der Waals surface area contributed by atoms with Gasteiger partial charge < -0.3 is 15.4 Å². The molecule has 0 aromatic heterocycles. The average molecular weight is 270 g/mol. The molecule has 0 bridgehead atoms. The van der Waals surface area contributed by atoms with Crippen LogP contribution in [0.4, 0.5) is 0 Å². The van der Waals surface area contributed by atoms with Gasteiger partial charge in [0.1, 0.15) is 6.54 Å². The lowest BCUT2D eigenvalue weighted by molar-refractivity contribution is -0.151. The molecular weight excluding hydrogens is 244 g/mol. The van der Waals surface area contributed by atoms with Crippen LogP contribution in [-0.2, 0) is 14.3 Å². The van der Waals surface area contributed by atoms with Crippen molar-refractivity contribution < 1.29 is 14.3 Å². The van der Waals surface area contributed by atoms with Crippen LogP contribution in [0.3, 0.4) is 0 Å². The van der Waals surface area contributed by atoms with Gasteiger partial charge in [-0.25, -0.2) is 0 Å². The maximum Gasteiger partial charge on any atom is 0.325 e. The molecule has 5 heteroatoms. The number of ether oxygens (including phenoxy) is 1. The summed E-state index contributed by atoms with van der Waals surface area (Å²) in [5.74, 6) is 0.0186. The van der Waals surface area contributed by atoms with Gasteiger partial charge >= 0.3 is 5.97 Å². The van der Waals surface area contributed by atoms with Crippen molar-refractivity contribution >= 4 is 11.9 Å². The Kier molecular flexibility index (Phi) is 5.35. The number of amides is 1. The Morgan fingerprint density at radius 2 is 2.00 bits per heavy atom. The minimum absolute atomic E-state index is 0.00956. The first-order chi connectivity index (χ1) is 8.78. The van der Waals surface area contributed by atoms with E-state index in [0.29, 0.717) is 13.2 Å². The number of hydrogen-bond donors (Lipinski definition) is 1. The first-order valence-electron chi connectivity index (χ1n) is 7.02. The summed E-state index contributed by atoms with van der Waals surface area (Å²) in [7, 11) is 0. The fraction of sp³-hybridized carbons (Fsp3) is 0.857. The van der Waals surface area contributed by atoms with Gasteiger partial charge in [-0.2, -0.15) is 0 Å². The molecule has 0 heterocycles. The van der Waals surface area contributed by atoms with E-state index >= 15 is 0 Å². The van der Waals surface area contributed by atoms with Crippen molar-refractivity contribution in [3.05, 3.63) is 0 Å². The molecular formula is C14H26N2O3. The third-order valence-corrected chi connectivity index (χ3v) is 3.38. The Morgan fingerprint density at radius 3 is 2.42 bits per heavy atom. The smallest absolute Gasteiger partial charge is 0.325 e. The van der Waals surface area contributed by atoms with Gasteiger partial charge in [0.2, 0.25) is 5.91 Å². The molecule has 1 amide bonds. The first-order valence-corrected chi connectivity index (χ1v) is 7.02. The molecule has 110 valence electrons. The zero-order chi connectivity index (χ0) is 14.6. The fourth-order valence-corrected chi connectivity index (χ4v) is 2.22. The number of hydrogen-bond acceptors (Lipinski definition) is 4. The van der Waals surface area contributed by atoms with Crippen LogP contribution in [0.15, 0.2) is 0 Å². The van der Waals surface area contributed by atoms with Gasteiger partial charge in [0.25, 0.3) is 0 Å². The predicted molar refractivity (Wildman–Crippen MR) is 73.4 cm³/mol. The summed E-state index contributed by atoms with van der Waals surface area (Å²) < 4.78 is 4.92. The summed E-state index contributed by atoms with van der Waals surface area (Å²) in [6.45, 7) is 8.38. The van der Waals surface area contributed by atoms with Crippen LogP contribution in [0.25, 0.3) is 0 Å². The van der Waals surface area contributed by atoms with Crippen molar-refractivity contribution in [2.75, 3.05) is 19.7 Å². The van der Waals surface area contributed by atoms with Crippen molar-refractivity contribution in [2.45, 2.75) is 46.1 Å². The highest BCUT2D eigenvalue weighted by Crippen LogP contribution is 2.39. The molecule has 1 atom stereocenters. The highest BCUT2D eigenvalue weighted by molar-refractivity contribution is 5.89. The number of rotatable bonds is 7. The van der Waals surface area contributed by atoms with Crippen molar-refractivity contribution in [3.63, 3.8) is 0 Å². The summed E-state index contributed by atoms with van der Waals surface area (Å²) in [6, 6.07) is 0. The molecule has 1 saturated carbocycles. The van der Waals surface area contributed by atoms with Gasteiger partial charge in [-0.3, -0.25) is 9.59 Å². The van der Waals surface area contributed by atoms with E-state index in [1.54, 1.807) is 18.7 Å². The Hall–Kier alpha value is -1.10. The van der Waals surface area contributed by atoms with Gasteiger partial charge in [0.15, 0.2) is 0 Å². The SMILES string of the molecule is CCOC(=O)CN(CC(C)C)C(=O)C(C)(N)C1CC1. The Labute approximate surface area is 115 Å². The molecule has 1 rings (SSSR count). The lowest BCUT2D eigenvalue weighted by Crippen LogP contribution is -2.56. The van der Waals surface area contributed by atoms with Crippen LogP contribution in [0, 0.1) is 11.8 Å². The molecule has 1 aliphatic rings. The first kappa shape index (κ1) is 16.0. The fourth-order valence-electron chi connectivity index (χ4n) is 2.22. The lowest BCUT2D eigenvalue weighted by atomic mass is 9.95. The Bertz CT molecular complexity index is 336. The molecule has 1 unspecified atom stereocenters. The van der Waals surface area contributed by atoms with Crippen molar-refractivity contribution in [3.8, 4) is 0 Å². The molecule has 0 spiro atoms. The van der Waals surface area contributed by atoms with Gasteiger partial charge in [0.05, 0.1) is 12.1 Å². The molecule has 0 saturated heterocycles. The zero-order valence-electron chi connectivity index (χ0n) is 12.4. The van der Waals surface area contributed by atoms with E-state index < -0.39 is 5.54 Å². The van der Waals surface area contributed by atoms with E-state index in [0.717, 1.165) is 12.8 Å². The van der Waals surface area contributed by atoms with E-state index in [4.69, 9.17) is 10.5 Å². The number of nitrogens with two attached hydrogens (primary N) is 1. The summed E-state index contributed by atoms with van der Waals surface area (Å²) in [6.07, 6.45) is 1.99. The van der Waals surface area contributed by atoms with Crippen LogP contribution in [0.2, 0.25) is 0 Å². The maximum absolute atomic E-state index is 12.5. The summed E-state index contributed by atoms with van der Waals surface area (Å²) in [4.78, 5) is 25.7. The second kappa shape index (κ2) is 6.37. The van der Waals surface area contributed by atoms with Crippen LogP contribution >= 0.6 is 0 Å². The minimum Gasteiger partial charge on any atom is -0.465 e. The van der Waals surface area contributed by atoms with Crippen molar-refractivity contribution in [1.82, 2.24) is 4.90 Å². The van der Waals surface area contributed by atoms with Crippen LogP contribution in [-0.4, -0.2) is 42.0 Å². The molecule has 1 aliphatic carbocycles. The van der Waals surface area contributed by atoms with Crippen LogP contribution < -0.4 is 5.73 Å². The molecule has 5 nitrogen and oxygen atoms in total. The minimum atomic E-state index is -0.860. The van der Waals surface area contributed by atoms with Crippen LogP contribution in [0.5, 0.6) is 0 Å². The predicted octanol–water partition coefficient (Wildman–Crippen LogP) is 1.16. The summed E-state index contributed by atoms with van der Waals surface area (Å²) in [5, 5.41) is 0. The molecule has 2 N–H and O–H groups in total. The van der Waals surface area contributed by atoms with E-state index in [-0.39, 0.29) is 30.3 Å². The molecule has 0 aromatic rings. The Morgan fingerprint density at radius 1 is 1.42 bits per heavy atom. The van der Waals surface area contributed by atoms with Crippen LogP contribution in [0.1, 0.15) is 40.5 Å². The Balaban J connectivity index is 2.72. The zero-order valence-corrected chi connectivity index (χ0v) is 12.4. The largest absolute Gasteiger partial charge is 0.465 e. The third kappa shape index (κ3) is 4.49. The van der Waals surface area contributed by atoms with Gasteiger partial charge in [0, 0.05) is 6.54 Å². The van der Waals surface area contributed by atoms with E-state index in [1.807, 2.05) is 13.8 Å². The standard InChI is InChI=1S/C14H26N2O3/c1-5-19-12(17)9-16(8-10(2)3)13(18)14(4,15)11-6-7-11/h10-11H,5-9,15H2,1-4H3. The average Bonchev–Trinajstić information content (AvgIpc) is 3.10. The number of esters is 1. The van der Waals surface area contributed by atoms with Gasteiger partial charge in [-0.1, -0.05) is 13.8 Å². The highest BCUT2D eigenvalue weighted by Gasteiger charge is 2.46. The van der Waals surface area contributed by atoms with Gasteiger partial charge in [-0.05, 0) is 38.5 Å².